The molecule has 2 aromatic rings. The second-order valence-electron chi connectivity index (χ2n) is 8.35. The summed E-state index contributed by atoms with van der Waals surface area (Å²) in [6, 6.07) is 11.6. The van der Waals surface area contributed by atoms with Gasteiger partial charge in [0, 0.05) is 17.8 Å². The summed E-state index contributed by atoms with van der Waals surface area (Å²) in [5.74, 6) is -2.06. The van der Waals surface area contributed by atoms with Crippen LogP contribution in [0.25, 0.3) is 0 Å². The van der Waals surface area contributed by atoms with E-state index >= 15 is 0 Å². The number of rotatable bonds is 9. The number of dihydropyridines is 1. The van der Waals surface area contributed by atoms with Gasteiger partial charge in [-0.05, 0) is 43.2 Å². The molecule has 1 heterocycles. The number of carbonyl (C=O) groups is 2. The number of ether oxygens (including phenoxy) is 3. The topological polar surface area (TPSA) is 94.1 Å². The molecule has 0 radical (unpaired) electrons. The first-order valence-corrected chi connectivity index (χ1v) is 11.5. The number of aliphatic hydroxyl groups is 1. The van der Waals surface area contributed by atoms with Gasteiger partial charge in [-0.1, -0.05) is 30.3 Å². The molecule has 7 nitrogen and oxygen atoms in total. The van der Waals surface area contributed by atoms with Crippen molar-refractivity contribution < 1.29 is 42.1 Å². The fourth-order valence-corrected chi connectivity index (χ4v) is 4.13. The van der Waals surface area contributed by atoms with E-state index in [1.165, 1.54) is 12.1 Å². The van der Waals surface area contributed by atoms with Crippen molar-refractivity contribution in [2.75, 3.05) is 26.9 Å². The van der Waals surface area contributed by atoms with Gasteiger partial charge >= 0.3 is 18.1 Å². The summed E-state index contributed by atoms with van der Waals surface area (Å²) in [4.78, 5) is 25.9. The number of esters is 2. The monoisotopic (exact) mass is 519 g/mol. The molecule has 37 heavy (non-hydrogen) atoms. The molecule has 2 aromatic carbocycles. The summed E-state index contributed by atoms with van der Waals surface area (Å²) in [5.41, 5.74) is 0.853. The van der Waals surface area contributed by atoms with Crippen molar-refractivity contribution in [1.82, 2.24) is 5.32 Å². The van der Waals surface area contributed by atoms with E-state index in [0.29, 0.717) is 23.6 Å². The van der Waals surface area contributed by atoms with E-state index in [1.807, 2.05) is 0 Å². The van der Waals surface area contributed by atoms with Crippen LogP contribution < -0.4 is 10.1 Å². The maximum Gasteiger partial charge on any atom is 0.416 e. The summed E-state index contributed by atoms with van der Waals surface area (Å²) in [7, 11) is 1.16. The predicted octanol–water partition coefficient (Wildman–Crippen LogP) is 4.27. The van der Waals surface area contributed by atoms with Crippen molar-refractivity contribution in [3.8, 4) is 5.75 Å². The third-order valence-corrected chi connectivity index (χ3v) is 5.84. The molecular formula is C27H28F3NO6. The Hall–Kier alpha value is -3.79. The number of benzene rings is 2. The highest BCUT2D eigenvalue weighted by Gasteiger charge is 2.39. The minimum absolute atomic E-state index is 0.00196. The molecule has 0 saturated carbocycles. The molecule has 0 amide bonds. The lowest BCUT2D eigenvalue weighted by atomic mass is 9.80. The van der Waals surface area contributed by atoms with Gasteiger partial charge in [0.15, 0.2) is 0 Å². The molecule has 10 heteroatoms. The van der Waals surface area contributed by atoms with Crippen LogP contribution in [0, 0.1) is 0 Å². The standard InChI is InChI=1S/C27H28F3NO6/c1-16-22(25(33)35-3)24(19-5-4-6-20(15-19)27(28,29)30)23(17(2)31-16)26(34)37-13-11-18-7-9-21(10-8-18)36-14-12-32/h4-10,15,24,31-32H,11-14H2,1-3H3. The van der Waals surface area contributed by atoms with Gasteiger partial charge in [0.05, 0.1) is 43.0 Å². The Balaban J connectivity index is 1.86. The van der Waals surface area contributed by atoms with Crippen LogP contribution in [-0.4, -0.2) is 44.0 Å². The summed E-state index contributed by atoms with van der Waals surface area (Å²) >= 11 is 0. The minimum atomic E-state index is -4.61. The zero-order chi connectivity index (χ0) is 27.2. The molecule has 3 rings (SSSR count). The first kappa shape index (κ1) is 27.8. The summed E-state index contributed by atoms with van der Waals surface area (Å²) < 4.78 is 56.0. The average Bonchev–Trinajstić information content (AvgIpc) is 2.86. The van der Waals surface area contributed by atoms with E-state index in [0.717, 1.165) is 24.8 Å². The summed E-state index contributed by atoms with van der Waals surface area (Å²) in [6.45, 7) is 3.26. The number of allylic oxidation sites excluding steroid dienone is 2. The van der Waals surface area contributed by atoms with E-state index in [4.69, 9.17) is 19.3 Å². The van der Waals surface area contributed by atoms with Gasteiger partial charge < -0.3 is 24.6 Å². The van der Waals surface area contributed by atoms with Crippen molar-refractivity contribution in [3.63, 3.8) is 0 Å². The Morgan fingerprint density at radius 1 is 0.973 bits per heavy atom. The lowest BCUT2D eigenvalue weighted by Crippen LogP contribution is -2.32. The minimum Gasteiger partial charge on any atom is -0.491 e. The van der Waals surface area contributed by atoms with Crippen molar-refractivity contribution >= 4 is 11.9 Å². The van der Waals surface area contributed by atoms with Gasteiger partial charge in [0.25, 0.3) is 0 Å². The number of hydrogen-bond donors (Lipinski definition) is 2. The second-order valence-corrected chi connectivity index (χ2v) is 8.35. The maximum absolute atomic E-state index is 13.4. The Morgan fingerprint density at radius 3 is 2.22 bits per heavy atom. The zero-order valence-corrected chi connectivity index (χ0v) is 20.6. The van der Waals surface area contributed by atoms with E-state index in [-0.39, 0.29) is 36.5 Å². The molecule has 0 bridgehead atoms. The number of carbonyl (C=O) groups excluding carboxylic acids is 2. The van der Waals surface area contributed by atoms with Crippen LogP contribution >= 0.6 is 0 Å². The Morgan fingerprint density at radius 2 is 1.62 bits per heavy atom. The number of halogens is 3. The molecule has 1 aliphatic heterocycles. The second kappa shape index (κ2) is 12.0. The van der Waals surface area contributed by atoms with Crippen molar-refractivity contribution in [1.29, 1.82) is 0 Å². The molecule has 0 saturated heterocycles. The summed E-state index contributed by atoms with van der Waals surface area (Å²) in [6.07, 6.45) is -4.23. The lowest BCUT2D eigenvalue weighted by Gasteiger charge is -2.30. The highest BCUT2D eigenvalue weighted by molar-refractivity contribution is 5.99. The maximum atomic E-state index is 13.4. The van der Waals surface area contributed by atoms with Crippen LogP contribution in [0.2, 0.25) is 0 Å². The van der Waals surface area contributed by atoms with E-state index in [1.54, 1.807) is 38.1 Å². The van der Waals surface area contributed by atoms with Crippen LogP contribution in [-0.2, 0) is 31.7 Å². The molecule has 198 valence electrons. The van der Waals surface area contributed by atoms with Gasteiger partial charge in [-0.15, -0.1) is 0 Å². The van der Waals surface area contributed by atoms with Gasteiger partial charge in [-0.2, -0.15) is 13.2 Å². The van der Waals surface area contributed by atoms with Gasteiger partial charge in [0.2, 0.25) is 0 Å². The number of alkyl halides is 3. The number of aliphatic hydroxyl groups excluding tert-OH is 1. The quantitative estimate of drug-likeness (QED) is 0.478. The molecule has 2 N–H and O–H groups in total. The van der Waals surface area contributed by atoms with Crippen LogP contribution in [0.15, 0.2) is 71.1 Å². The number of hydrogen-bond acceptors (Lipinski definition) is 7. The fraction of sp³-hybridized carbons (Fsp3) is 0.333. The van der Waals surface area contributed by atoms with Crippen molar-refractivity contribution in [2.24, 2.45) is 0 Å². The first-order valence-electron chi connectivity index (χ1n) is 11.5. The van der Waals surface area contributed by atoms with E-state index in [9.17, 15) is 22.8 Å². The summed E-state index contributed by atoms with van der Waals surface area (Å²) in [5, 5.41) is 11.8. The van der Waals surface area contributed by atoms with Gasteiger partial charge in [-0.3, -0.25) is 0 Å². The normalized spacial score (nSPS) is 15.8. The SMILES string of the molecule is COC(=O)C1=C(C)NC(C)=C(C(=O)OCCc2ccc(OCCO)cc2)C1c1cccc(C(F)(F)F)c1. The molecule has 0 aromatic heterocycles. The Bertz CT molecular complexity index is 1200. The van der Waals surface area contributed by atoms with Crippen LogP contribution in [0.3, 0.4) is 0 Å². The molecule has 0 aliphatic carbocycles. The zero-order valence-electron chi connectivity index (χ0n) is 20.6. The Labute approximate surface area is 212 Å². The molecule has 0 spiro atoms. The van der Waals surface area contributed by atoms with Crippen LogP contribution in [0.1, 0.15) is 36.5 Å². The predicted molar refractivity (Wildman–Crippen MR) is 128 cm³/mol. The molecular weight excluding hydrogens is 491 g/mol. The molecule has 1 aliphatic rings. The lowest BCUT2D eigenvalue weighted by molar-refractivity contribution is -0.139. The average molecular weight is 520 g/mol. The van der Waals surface area contributed by atoms with Crippen LogP contribution in [0.4, 0.5) is 13.2 Å². The molecule has 1 atom stereocenters. The Kier molecular flexibility index (Phi) is 8.99. The highest BCUT2D eigenvalue weighted by atomic mass is 19.4. The van der Waals surface area contributed by atoms with E-state index in [2.05, 4.69) is 5.32 Å². The first-order chi connectivity index (χ1) is 17.6. The third kappa shape index (κ3) is 6.71. The van der Waals surface area contributed by atoms with E-state index < -0.39 is 29.6 Å². The smallest absolute Gasteiger partial charge is 0.416 e. The van der Waals surface area contributed by atoms with Crippen molar-refractivity contribution in [3.05, 3.63) is 87.8 Å². The molecule has 1 unspecified atom stereocenters. The highest BCUT2D eigenvalue weighted by Crippen LogP contribution is 2.41. The van der Waals surface area contributed by atoms with Gasteiger partial charge in [-0.25, -0.2) is 9.59 Å². The number of methoxy groups -OCH3 is 1. The van der Waals surface area contributed by atoms with Crippen molar-refractivity contribution in [2.45, 2.75) is 32.4 Å². The van der Waals surface area contributed by atoms with Crippen LogP contribution in [0.5, 0.6) is 5.75 Å². The molecule has 0 fully saturated rings. The fourth-order valence-electron chi connectivity index (χ4n) is 4.13. The number of nitrogens with one attached hydrogen (secondary N) is 1. The van der Waals surface area contributed by atoms with Gasteiger partial charge in [0.1, 0.15) is 12.4 Å². The third-order valence-electron chi connectivity index (χ3n) is 5.84. The largest absolute Gasteiger partial charge is 0.491 e.